The molecule has 0 radical (unpaired) electrons. The van der Waals surface area contributed by atoms with E-state index >= 15 is 0 Å². The maximum absolute atomic E-state index is 10.9. The van der Waals surface area contributed by atoms with Crippen LogP contribution in [0.1, 0.15) is 21.7 Å². The lowest BCUT2D eigenvalue weighted by Crippen LogP contribution is -1.96. The highest BCUT2D eigenvalue weighted by Gasteiger charge is 2.09. The number of hydrogen-bond donors (Lipinski definition) is 2. The highest BCUT2D eigenvalue weighted by atomic mass is 35.5. The van der Waals surface area contributed by atoms with Gasteiger partial charge in [0.25, 0.3) is 0 Å². The van der Waals surface area contributed by atoms with E-state index in [1.165, 1.54) is 12.3 Å². The highest BCUT2D eigenvalue weighted by molar-refractivity contribution is 6.42. The van der Waals surface area contributed by atoms with E-state index in [2.05, 4.69) is 15.0 Å². The van der Waals surface area contributed by atoms with Gasteiger partial charge < -0.3 is 10.1 Å². The normalized spacial score (nSPS) is 11.0. The number of nitrogens with zero attached hydrogens (tertiary/aromatic N) is 2. The lowest BCUT2D eigenvalue weighted by Gasteiger charge is -2.00. The smallest absolute Gasteiger partial charge is 0.337 e. The van der Waals surface area contributed by atoms with Gasteiger partial charge in [-0.15, -0.1) is 0 Å². The highest BCUT2D eigenvalue weighted by Crippen LogP contribution is 2.23. The summed E-state index contributed by atoms with van der Waals surface area (Å²) in [6, 6.07) is 6.86. The molecule has 0 spiro atoms. The molecule has 7 heteroatoms. The van der Waals surface area contributed by atoms with Crippen LogP contribution in [-0.4, -0.2) is 26.0 Å². The minimum absolute atomic E-state index is 0.118. The van der Waals surface area contributed by atoms with Crippen molar-refractivity contribution in [2.24, 2.45) is 0 Å². The molecule has 0 unspecified atom stereocenters. The molecule has 2 heterocycles. The van der Waals surface area contributed by atoms with Gasteiger partial charge in [0.1, 0.15) is 5.82 Å². The number of carboxylic acids is 1. The van der Waals surface area contributed by atoms with Gasteiger partial charge in [-0.25, -0.2) is 14.8 Å². The summed E-state index contributed by atoms with van der Waals surface area (Å²) in [5, 5.41) is 9.92. The predicted octanol–water partition coefficient (Wildman–Crippen LogP) is 3.55. The molecule has 0 saturated carbocycles. The molecule has 5 nitrogen and oxygen atoms in total. The standard InChI is InChI=1S/C14H9Cl2N3O2/c15-9-2-1-7(3-10(9)16)4-12-18-11-5-8(14(20)21)6-17-13(11)19-12/h1-3,5-6H,4H2,(H,20,21)(H,17,18,19). The van der Waals surface area contributed by atoms with E-state index in [1.54, 1.807) is 12.1 Å². The van der Waals surface area contributed by atoms with Crippen molar-refractivity contribution in [1.82, 2.24) is 15.0 Å². The first-order valence-electron chi connectivity index (χ1n) is 6.05. The number of hydrogen-bond acceptors (Lipinski definition) is 3. The molecule has 0 amide bonds. The van der Waals surface area contributed by atoms with E-state index in [0.29, 0.717) is 33.5 Å². The van der Waals surface area contributed by atoms with Crippen LogP contribution in [0, 0.1) is 0 Å². The Kier molecular flexibility index (Phi) is 3.53. The fourth-order valence-corrected chi connectivity index (χ4v) is 2.31. The largest absolute Gasteiger partial charge is 0.478 e. The summed E-state index contributed by atoms with van der Waals surface area (Å²) in [7, 11) is 0. The number of benzene rings is 1. The molecular weight excluding hydrogens is 313 g/mol. The summed E-state index contributed by atoms with van der Waals surface area (Å²) in [6.07, 6.45) is 1.81. The molecular formula is C14H9Cl2N3O2. The third kappa shape index (κ3) is 2.84. The minimum atomic E-state index is -1.02. The zero-order chi connectivity index (χ0) is 15.0. The molecule has 0 aliphatic rings. The van der Waals surface area contributed by atoms with Gasteiger partial charge in [-0.1, -0.05) is 29.3 Å². The summed E-state index contributed by atoms with van der Waals surface area (Å²) >= 11 is 11.8. The molecule has 1 aromatic carbocycles. The quantitative estimate of drug-likeness (QED) is 0.773. The maximum atomic E-state index is 10.9. The second-order valence-electron chi connectivity index (χ2n) is 4.51. The Balaban J connectivity index is 1.93. The van der Waals surface area contributed by atoms with Crippen molar-refractivity contribution in [2.45, 2.75) is 6.42 Å². The number of aromatic nitrogens is 3. The number of aromatic carboxylic acids is 1. The predicted molar refractivity (Wildman–Crippen MR) is 80.1 cm³/mol. The fourth-order valence-electron chi connectivity index (χ4n) is 1.99. The summed E-state index contributed by atoms with van der Waals surface area (Å²) in [5.41, 5.74) is 2.13. The summed E-state index contributed by atoms with van der Waals surface area (Å²) < 4.78 is 0. The van der Waals surface area contributed by atoms with E-state index in [0.717, 1.165) is 5.56 Å². The Morgan fingerprint density at radius 1 is 1.24 bits per heavy atom. The van der Waals surface area contributed by atoms with Crippen LogP contribution < -0.4 is 0 Å². The second-order valence-corrected chi connectivity index (χ2v) is 5.32. The van der Waals surface area contributed by atoms with Gasteiger partial charge in [0.2, 0.25) is 0 Å². The van der Waals surface area contributed by atoms with Crippen molar-refractivity contribution in [3.05, 3.63) is 57.5 Å². The molecule has 3 rings (SSSR count). The SMILES string of the molecule is O=C(O)c1cnc2nc(Cc3ccc(Cl)c(Cl)c3)[nH]c2c1. The van der Waals surface area contributed by atoms with E-state index in [1.807, 2.05) is 6.07 Å². The average Bonchev–Trinajstić information content (AvgIpc) is 2.84. The monoisotopic (exact) mass is 321 g/mol. The van der Waals surface area contributed by atoms with Crippen molar-refractivity contribution in [3.63, 3.8) is 0 Å². The molecule has 0 aliphatic heterocycles. The van der Waals surface area contributed by atoms with Crippen LogP contribution in [0.3, 0.4) is 0 Å². The summed E-state index contributed by atoms with van der Waals surface area (Å²) in [6.45, 7) is 0. The Morgan fingerprint density at radius 2 is 2.05 bits per heavy atom. The number of carboxylic acid groups (broad SMARTS) is 1. The van der Waals surface area contributed by atoms with E-state index in [-0.39, 0.29) is 5.56 Å². The molecule has 3 aromatic rings. The molecule has 106 valence electrons. The Bertz CT molecular complexity index is 845. The van der Waals surface area contributed by atoms with Crippen LogP contribution in [0.25, 0.3) is 11.2 Å². The third-order valence-electron chi connectivity index (χ3n) is 2.99. The van der Waals surface area contributed by atoms with Gasteiger partial charge in [-0.3, -0.25) is 0 Å². The number of fused-ring (bicyclic) bond motifs is 1. The number of H-pyrrole nitrogens is 1. The second kappa shape index (κ2) is 5.35. The molecule has 21 heavy (non-hydrogen) atoms. The van der Waals surface area contributed by atoms with E-state index in [9.17, 15) is 4.79 Å². The molecule has 0 aliphatic carbocycles. The van der Waals surface area contributed by atoms with Crippen LogP contribution in [0.15, 0.2) is 30.5 Å². The number of carbonyl (C=O) groups is 1. The van der Waals surface area contributed by atoms with Crippen LogP contribution in [0.2, 0.25) is 10.0 Å². The van der Waals surface area contributed by atoms with Gasteiger partial charge >= 0.3 is 5.97 Å². The van der Waals surface area contributed by atoms with Crippen LogP contribution >= 0.6 is 23.2 Å². The van der Waals surface area contributed by atoms with Gasteiger partial charge in [-0.05, 0) is 23.8 Å². The lowest BCUT2D eigenvalue weighted by atomic mass is 10.1. The number of rotatable bonds is 3. The van der Waals surface area contributed by atoms with Crippen LogP contribution in [0.5, 0.6) is 0 Å². The van der Waals surface area contributed by atoms with Gasteiger partial charge in [0.15, 0.2) is 5.65 Å². The van der Waals surface area contributed by atoms with Crippen LogP contribution in [-0.2, 0) is 6.42 Å². The number of imidazole rings is 1. The van der Waals surface area contributed by atoms with E-state index in [4.69, 9.17) is 28.3 Å². The van der Waals surface area contributed by atoms with Crippen molar-refractivity contribution in [2.75, 3.05) is 0 Å². The van der Waals surface area contributed by atoms with Crippen molar-refractivity contribution in [1.29, 1.82) is 0 Å². The van der Waals surface area contributed by atoms with Gasteiger partial charge in [0.05, 0.1) is 21.1 Å². The zero-order valence-corrected chi connectivity index (χ0v) is 12.1. The number of nitrogens with one attached hydrogen (secondary N) is 1. The first-order chi connectivity index (χ1) is 10.0. The zero-order valence-electron chi connectivity index (χ0n) is 10.6. The van der Waals surface area contributed by atoms with Gasteiger partial charge in [0, 0.05) is 12.6 Å². The average molecular weight is 322 g/mol. The lowest BCUT2D eigenvalue weighted by molar-refractivity contribution is 0.0696. The van der Waals surface area contributed by atoms with Crippen molar-refractivity contribution >= 4 is 40.3 Å². The number of aromatic amines is 1. The molecule has 0 fully saturated rings. The first-order valence-corrected chi connectivity index (χ1v) is 6.80. The number of halogens is 2. The topological polar surface area (TPSA) is 78.9 Å². The molecule has 2 N–H and O–H groups in total. The third-order valence-corrected chi connectivity index (χ3v) is 3.73. The van der Waals surface area contributed by atoms with Gasteiger partial charge in [-0.2, -0.15) is 0 Å². The molecule has 0 bridgehead atoms. The molecule has 2 aromatic heterocycles. The Labute approximate surface area is 129 Å². The number of pyridine rings is 1. The first kappa shape index (κ1) is 13.9. The molecule has 0 saturated heterocycles. The van der Waals surface area contributed by atoms with Crippen LogP contribution in [0.4, 0.5) is 0 Å². The minimum Gasteiger partial charge on any atom is -0.478 e. The maximum Gasteiger partial charge on any atom is 0.337 e. The van der Waals surface area contributed by atoms with Crippen molar-refractivity contribution in [3.8, 4) is 0 Å². The molecule has 0 atom stereocenters. The Hall–Kier alpha value is -2.11. The Morgan fingerprint density at radius 3 is 2.76 bits per heavy atom. The summed E-state index contributed by atoms with van der Waals surface area (Å²) in [5.74, 6) is -0.344. The summed E-state index contributed by atoms with van der Waals surface area (Å²) in [4.78, 5) is 22.3. The van der Waals surface area contributed by atoms with E-state index < -0.39 is 5.97 Å². The fraction of sp³-hybridized carbons (Fsp3) is 0.0714. The van der Waals surface area contributed by atoms with Crippen molar-refractivity contribution < 1.29 is 9.90 Å².